The van der Waals surface area contributed by atoms with Gasteiger partial charge >= 0.3 is 0 Å². The van der Waals surface area contributed by atoms with E-state index in [0.717, 1.165) is 24.1 Å². The second-order valence-corrected chi connectivity index (χ2v) is 8.55. The molecule has 0 bridgehead atoms. The van der Waals surface area contributed by atoms with Crippen molar-refractivity contribution in [2.75, 3.05) is 0 Å². The SMILES string of the molecule is CCC(C)NCc1sc(-c2ccc(/C=C/c3ccc(F)cc3)cc2)cc1P.O=CO. The zero-order chi connectivity index (χ0) is 21.9. The van der Waals surface area contributed by atoms with Gasteiger partial charge in [-0.2, -0.15) is 0 Å². The number of hydrogen-bond acceptors (Lipinski definition) is 3. The molecule has 2 aromatic carbocycles. The van der Waals surface area contributed by atoms with Crippen molar-refractivity contribution in [3.8, 4) is 10.4 Å². The van der Waals surface area contributed by atoms with Crippen LogP contribution in [0.4, 0.5) is 4.39 Å². The Balaban J connectivity index is 0.00000101. The molecule has 0 saturated heterocycles. The fourth-order valence-electron chi connectivity index (χ4n) is 2.66. The van der Waals surface area contributed by atoms with E-state index in [-0.39, 0.29) is 12.3 Å². The number of carboxylic acid groups (broad SMARTS) is 1. The van der Waals surface area contributed by atoms with Crippen LogP contribution in [0.1, 0.15) is 36.3 Å². The first-order valence-electron chi connectivity index (χ1n) is 9.70. The van der Waals surface area contributed by atoms with E-state index in [0.29, 0.717) is 6.04 Å². The second kappa shape index (κ2) is 12.4. The highest BCUT2D eigenvalue weighted by Gasteiger charge is 2.08. The Morgan fingerprint density at radius 1 is 1.10 bits per heavy atom. The normalized spacial score (nSPS) is 11.7. The second-order valence-electron chi connectivity index (χ2n) is 6.79. The van der Waals surface area contributed by atoms with Crippen molar-refractivity contribution < 1.29 is 14.3 Å². The van der Waals surface area contributed by atoms with Gasteiger partial charge in [-0.3, -0.25) is 4.79 Å². The first-order valence-corrected chi connectivity index (χ1v) is 11.1. The predicted octanol–water partition coefficient (Wildman–Crippen LogP) is 5.81. The van der Waals surface area contributed by atoms with E-state index in [4.69, 9.17) is 9.90 Å². The molecule has 1 heterocycles. The van der Waals surface area contributed by atoms with E-state index in [1.807, 2.05) is 23.5 Å². The van der Waals surface area contributed by atoms with E-state index < -0.39 is 0 Å². The van der Waals surface area contributed by atoms with Crippen LogP contribution in [0.25, 0.3) is 22.6 Å². The summed E-state index contributed by atoms with van der Waals surface area (Å²) in [5, 5.41) is 11.7. The summed E-state index contributed by atoms with van der Waals surface area (Å²) >= 11 is 1.85. The van der Waals surface area contributed by atoms with Crippen LogP contribution in [0.15, 0.2) is 54.6 Å². The third-order valence-electron chi connectivity index (χ3n) is 4.60. The van der Waals surface area contributed by atoms with Crippen molar-refractivity contribution in [1.29, 1.82) is 0 Å². The molecule has 0 saturated carbocycles. The summed E-state index contributed by atoms with van der Waals surface area (Å²) in [6, 6.07) is 17.9. The van der Waals surface area contributed by atoms with Crippen LogP contribution in [0.5, 0.6) is 0 Å². The summed E-state index contributed by atoms with van der Waals surface area (Å²) < 4.78 is 13.0. The monoisotopic (exact) mass is 443 g/mol. The third-order valence-corrected chi connectivity index (χ3v) is 6.52. The van der Waals surface area contributed by atoms with Gasteiger partial charge in [0, 0.05) is 22.3 Å². The van der Waals surface area contributed by atoms with Gasteiger partial charge in [0.05, 0.1) is 0 Å². The lowest BCUT2D eigenvalue weighted by molar-refractivity contribution is -0.122. The molecule has 0 radical (unpaired) electrons. The molecule has 2 N–H and O–H groups in total. The lowest BCUT2D eigenvalue weighted by Gasteiger charge is -2.10. The summed E-state index contributed by atoms with van der Waals surface area (Å²) in [5.74, 6) is -0.209. The summed E-state index contributed by atoms with van der Waals surface area (Å²) in [6.07, 6.45) is 5.18. The van der Waals surface area contributed by atoms with E-state index in [9.17, 15) is 4.39 Å². The molecule has 0 aliphatic heterocycles. The highest BCUT2D eigenvalue weighted by molar-refractivity contribution is 7.30. The highest BCUT2D eigenvalue weighted by Crippen LogP contribution is 2.28. The molecule has 3 rings (SSSR count). The minimum atomic E-state index is -0.250. The van der Waals surface area contributed by atoms with Crippen LogP contribution >= 0.6 is 20.6 Å². The van der Waals surface area contributed by atoms with Gasteiger partial charge in [0.1, 0.15) is 5.82 Å². The molecule has 0 amide bonds. The van der Waals surface area contributed by atoms with E-state index in [1.54, 1.807) is 12.1 Å². The van der Waals surface area contributed by atoms with E-state index in [1.165, 1.54) is 32.8 Å². The fourth-order valence-corrected chi connectivity index (χ4v) is 4.26. The van der Waals surface area contributed by atoms with Crippen molar-refractivity contribution in [2.24, 2.45) is 0 Å². The quantitative estimate of drug-likeness (QED) is 0.275. The number of thiophene rings is 1. The van der Waals surface area contributed by atoms with Gasteiger partial charge in [-0.25, -0.2) is 4.39 Å². The minimum Gasteiger partial charge on any atom is -0.483 e. The zero-order valence-corrected chi connectivity index (χ0v) is 19.1. The van der Waals surface area contributed by atoms with Crippen molar-refractivity contribution in [2.45, 2.75) is 32.9 Å². The van der Waals surface area contributed by atoms with Crippen LogP contribution in [0, 0.1) is 5.82 Å². The molecule has 3 nitrogen and oxygen atoms in total. The maximum atomic E-state index is 13.0. The van der Waals surface area contributed by atoms with Crippen LogP contribution < -0.4 is 10.6 Å². The summed E-state index contributed by atoms with van der Waals surface area (Å²) in [5.41, 5.74) is 3.35. The fraction of sp³-hybridized carbons (Fsp3) is 0.208. The molecule has 158 valence electrons. The number of hydrogen-bond donors (Lipinski definition) is 2. The molecule has 0 aliphatic rings. The molecule has 6 heteroatoms. The van der Waals surface area contributed by atoms with Crippen molar-refractivity contribution in [1.82, 2.24) is 5.32 Å². The molecule has 1 aromatic heterocycles. The minimum absolute atomic E-state index is 0.209. The van der Waals surface area contributed by atoms with Crippen LogP contribution in [-0.2, 0) is 11.3 Å². The van der Waals surface area contributed by atoms with Gasteiger partial charge < -0.3 is 10.4 Å². The van der Waals surface area contributed by atoms with Gasteiger partial charge in [0.25, 0.3) is 6.47 Å². The Bertz CT molecular complexity index is 952. The maximum absolute atomic E-state index is 13.0. The number of benzene rings is 2. The number of halogens is 1. The lowest BCUT2D eigenvalue weighted by atomic mass is 10.1. The first kappa shape index (κ1) is 23.9. The molecular weight excluding hydrogens is 416 g/mol. The van der Waals surface area contributed by atoms with Gasteiger partial charge in [-0.05, 0) is 53.5 Å². The number of carbonyl (C=O) groups is 1. The zero-order valence-electron chi connectivity index (χ0n) is 17.1. The van der Waals surface area contributed by atoms with Crippen molar-refractivity contribution in [3.05, 3.63) is 76.4 Å². The molecule has 2 atom stereocenters. The largest absolute Gasteiger partial charge is 0.483 e. The average molecular weight is 444 g/mol. The molecule has 0 aliphatic carbocycles. The van der Waals surface area contributed by atoms with Crippen molar-refractivity contribution >= 4 is 44.5 Å². The molecule has 0 fully saturated rings. The molecule has 30 heavy (non-hydrogen) atoms. The highest BCUT2D eigenvalue weighted by atomic mass is 32.1. The molecule has 0 spiro atoms. The van der Waals surface area contributed by atoms with Gasteiger partial charge in [-0.1, -0.05) is 55.5 Å². The smallest absolute Gasteiger partial charge is 0.290 e. The Kier molecular flexibility index (Phi) is 9.88. The predicted molar refractivity (Wildman–Crippen MR) is 130 cm³/mol. The van der Waals surface area contributed by atoms with Gasteiger partial charge in [0.2, 0.25) is 0 Å². The molecular formula is C24H27FNO2PS. The van der Waals surface area contributed by atoms with Crippen LogP contribution in [0.3, 0.4) is 0 Å². The number of nitrogens with one attached hydrogen (secondary N) is 1. The van der Waals surface area contributed by atoms with E-state index >= 15 is 0 Å². The average Bonchev–Trinajstić information content (AvgIpc) is 3.13. The van der Waals surface area contributed by atoms with Crippen molar-refractivity contribution in [3.63, 3.8) is 0 Å². The summed E-state index contributed by atoms with van der Waals surface area (Å²) in [7, 11) is 2.86. The Morgan fingerprint density at radius 2 is 1.63 bits per heavy atom. The summed E-state index contributed by atoms with van der Waals surface area (Å²) in [6.45, 7) is 5.08. The first-order chi connectivity index (χ1) is 14.5. The Morgan fingerprint density at radius 3 is 2.17 bits per heavy atom. The topological polar surface area (TPSA) is 49.3 Å². The third kappa shape index (κ3) is 7.49. The summed E-state index contributed by atoms with van der Waals surface area (Å²) in [4.78, 5) is 11.0. The van der Waals surface area contributed by atoms with Crippen LogP contribution in [0.2, 0.25) is 0 Å². The van der Waals surface area contributed by atoms with Gasteiger partial charge in [0.15, 0.2) is 0 Å². The maximum Gasteiger partial charge on any atom is 0.290 e. The Hall–Kier alpha value is -2.33. The van der Waals surface area contributed by atoms with E-state index in [2.05, 4.69) is 58.7 Å². The Labute approximate surface area is 183 Å². The van der Waals surface area contributed by atoms with Gasteiger partial charge in [-0.15, -0.1) is 20.6 Å². The standard InChI is InChI=1S/C23H25FNPS.CH2O2/c1-3-16(2)25-15-23-21(26)14-22(27-23)19-10-6-17(7-11-19)4-5-18-8-12-20(24)13-9-18;2-1-3/h4-14,16,25H,3,15,26H2,1-2H3;1H,(H,2,3)/b5-4+;. The molecule has 3 aromatic rings. The molecule has 2 unspecified atom stereocenters. The number of rotatable bonds is 7. The lowest BCUT2D eigenvalue weighted by Crippen LogP contribution is -2.25. The van der Waals surface area contributed by atoms with Crippen LogP contribution in [-0.4, -0.2) is 17.6 Å².